The number of hydrogen-bond donors (Lipinski definition) is 2. The number of benzene rings is 2. The van der Waals surface area contributed by atoms with Gasteiger partial charge in [-0.05, 0) is 56.0 Å². The van der Waals surface area contributed by atoms with E-state index in [1.165, 1.54) is 5.56 Å². The number of rotatable bonds is 7. The number of nitrogens with zero attached hydrogens (tertiary/aromatic N) is 1. The average molecular weight is 367 g/mol. The molecular weight excluding hydrogens is 338 g/mol. The number of amides is 2. The highest BCUT2D eigenvalue weighted by Gasteiger charge is 2.08. The van der Waals surface area contributed by atoms with Gasteiger partial charge < -0.3 is 15.5 Å². The summed E-state index contributed by atoms with van der Waals surface area (Å²) in [4.78, 5) is 25.5. The third-order valence-electron chi connectivity index (χ3n) is 4.47. The van der Waals surface area contributed by atoms with E-state index in [4.69, 9.17) is 0 Å². The molecule has 2 aromatic carbocycles. The summed E-state index contributed by atoms with van der Waals surface area (Å²) in [6.07, 6.45) is 1.18. The van der Waals surface area contributed by atoms with Crippen molar-refractivity contribution in [1.82, 2.24) is 4.90 Å². The maximum absolute atomic E-state index is 12.2. The van der Waals surface area contributed by atoms with E-state index in [1.807, 2.05) is 38.1 Å². The van der Waals surface area contributed by atoms with Crippen LogP contribution in [0.2, 0.25) is 0 Å². The summed E-state index contributed by atoms with van der Waals surface area (Å²) in [6.45, 7) is 6.36. The first-order valence-electron chi connectivity index (χ1n) is 9.17. The minimum absolute atomic E-state index is 0.0927. The third-order valence-corrected chi connectivity index (χ3v) is 4.47. The van der Waals surface area contributed by atoms with E-state index in [0.717, 1.165) is 28.1 Å². The number of nitrogens with one attached hydrogen (secondary N) is 2. The first-order valence-corrected chi connectivity index (χ1v) is 9.17. The molecule has 2 N–H and O–H groups in total. The van der Waals surface area contributed by atoms with Crippen LogP contribution >= 0.6 is 0 Å². The van der Waals surface area contributed by atoms with Crippen LogP contribution in [0.1, 0.15) is 28.7 Å². The van der Waals surface area contributed by atoms with Crippen molar-refractivity contribution in [3.05, 3.63) is 58.7 Å². The molecule has 144 valence electrons. The summed E-state index contributed by atoms with van der Waals surface area (Å²) in [6, 6.07) is 11.8. The fraction of sp³-hybridized carbons (Fsp3) is 0.364. The second-order valence-corrected chi connectivity index (χ2v) is 7.16. The maximum atomic E-state index is 12.2. The van der Waals surface area contributed by atoms with Crippen molar-refractivity contribution in [3.8, 4) is 0 Å². The van der Waals surface area contributed by atoms with Crippen LogP contribution in [0.3, 0.4) is 0 Å². The lowest BCUT2D eigenvalue weighted by Crippen LogP contribution is -2.22. The molecule has 2 amide bonds. The SMILES string of the molecule is Cc1cc(C)c(NCC(=O)Nc2ccc(CCC(=O)N(C)C)cc2)c(C)c1. The standard InChI is InChI=1S/C22H29N3O2/c1-15-12-16(2)22(17(3)13-15)23-14-20(26)24-19-9-6-18(7-10-19)8-11-21(27)25(4)5/h6-7,9-10,12-13,23H,8,11,14H2,1-5H3,(H,24,26). The average Bonchev–Trinajstić information content (AvgIpc) is 2.59. The molecule has 2 aromatic rings. The van der Waals surface area contributed by atoms with Crippen LogP contribution in [-0.4, -0.2) is 37.4 Å². The van der Waals surface area contributed by atoms with E-state index in [1.54, 1.807) is 19.0 Å². The zero-order chi connectivity index (χ0) is 20.0. The first kappa shape index (κ1) is 20.5. The summed E-state index contributed by atoms with van der Waals surface area (Å²) < 4.78 is 0. The molecule has 0 heterocycles. The number of aryl methyl sites for hydroxylation is 4. The van der Waals surface area contributed by atoms with Crippen molar-refractivity contribution in [1.29, 1.82) is 0 Å². The molecule has 0 spiro atoms. The Morgan fingerprint density at radius 3 is 2.11 bits per heavy atom. The largest absolute Gasteiger partial charge is 0.376 e. The highest BCUT2D eigenvalue weighted by atomic mass is 16.2. The second kappa shape index (κ2) is 9.21. The lowest BCUT2D eigenvalue weighted by atomic mass is 10.1. The molecule has 5 heteroatoms. The van der Waals surface area contributed by atoms with Crippen LogP contribution < -0.4 is 10.6 Å². The third kappa shape index (κ3) is 6.13. The monoisotopic (exact) mass is 367 g/mol. The summed E-state index contributed by atoms with van der Waals surface area (Å²) in [5.41, 5.74) is 6.33. The number of carbonyl (C=O) groups excluding carboxylic acids is 2. The van der Waals surface area contributed by atoms with Crippen molar-refractivity contribution < 1.29 is 9.59 Å². The molecule has 0 saturated heterocycles. The van der Waals surface area contributed by atoms with Crippen LogP contribution in [0.25, 0.3) is 0 Å². The molecule has 0 aliphatic heterocycles. The van der Waals surface area contributed by atoms with Crippen LogP contribution in [-0.2, 0) is 16.0 Å². The lowest BCUT2D eigenvalue weighted by Gasteiger charge is -2.14. The van der Waals surface area contributed by atoms with E-state index in [-0.39, 0.29) is 18.4 Å². The Morgan fingerprint density at radius 1 is 0.963 bits per heavy atom. The van der Waals surface area contributed by atoms with Gasteiger partial charge in [0.1, 0.15) is 0 Å². The molecular formula is C22H29N3O2. The van der Waals surface area contributed by atoms with Gasteiger partial charge in [0.2, 0.25) is 11.8 Å². The molecule has 0 atom stereocenters. The van der Waals surface area contributed by atoms with Gasteiger partial charge in [-0.3, -0.25) is 9.59 Å². The van der Waals surface area contributed by atoms with Crippen LogP contribution in [0.5, 0.6) is 0 Å². The van der Waals surface area contributed by atoms with E-state index >= 15 is 0 Å². The van der Waals surface area contributed by atoms with Crippen molar-refractivity contribution >= 4 is 23.2 Å². The second-order valence-electron chi connectivity index (χ2n) is 7.16. The maximum Gasteiger partial charge on any atom is 0.243 e. The van der Waals surface area contributed by atoms with Crippen molar-refractivity contribution in [2.45, 2.75) is 33.6 Å². The lowest BCUT2D eigenvalue weighted by molar-refractivity contribution is -0.128. The molecule has 0 fully saturated rings. The van der Waals surface area contributed by atoms with Crippen molar-refractivity contribution in [2.24, 2.45) is 0 Å². The molecule has 0 aromatic heterocycles. The fourth-order valence-corrected chi connectivity index (χ4v) is 3.06. The molecule has 2 rings (SSSR count). The van der Waals surface area contributed by atoms with Gasteiger partial charge in [-0.25, -0.2) is 0 Å². The highest BCUT2D eigenvalue weighted by Crippen LogP contribution is 2.21. The Labute approximate surface area is 161 Å². The van der Waals surface area contributed by atoms with Gasteiger partial charge >= 0.3 is 0 Å². The van der Waals surface area contributed by atoms with Gasteiger partial charge in [-0.2, -0.15) is 0 Å². The molecule has 0 bridgehead atoms. The minimum atomic E-state index is -0.0927. The van der Waals surface area contributed by atoms with Crippen molar-refractivity contribution in [3.63, 3.8) is 0 Å². The van der Waals surface area contributed by atoms with Gasteiger partial charge in [0.25, 0.3) is 0 Å². The molecule has 0 unspecified atom stereocenters. The zero-order valence-corrected chi connectivity index (χ0v) is 16.8. The smallest absolute Gasteiger partial charge is 0.243 e. The molecule has 0 aliphatic rings. The summed E-state index contributed by atoms with van der Waals surface area (Å²) in [5.74, 6) is 0.0186. The Balaban J connectivity index is 1.86. The summed E-state index contributed by atoms with van der Waals surface area (Å²) >= 11 is 0. The highest BCUT2D eigenvalue weighted by molar-refractivity contribution is 5.94. The van der Waals surface area contributed by atoms with E-state index in [9.17, 15) is 9.59 Å². The van der Waals surface area contributed by atoms with Crippen LogP contribution in [0.15, 0.2) is 36.4 Å². The zero-order valence-electron chi connectivity index (χ0n) is 16.8. The fourth-order valence-electron chi connectivity index (χ4n) is 3.06. The summed E-state index contributed by atoms with van der Waals surface area (Å²) in [5, 5.41) is 6.13. The molecule has 5 nitrogen and oxygen atoms in total. The first-order chi connectivity index (χ1) is 12.8. The van der Waals surface area contributed by atoms with E-state index in [2.05, 4.69) is 29.7 Å². The molecule has 0 radical (unpaired) electrons. The van der Waals surface area contributed by atoms with Crippen LogP contribution in [0, 0.1) is 20.8 Å². The molecule has 27 heavy (non-hydrogen) atoms. The van der Waals surface area contributed by atoms with E-state index in [0.29, 0.717) is 12.8 Å². The molecule has 0 aliphatic carbocycles. The predicted molar refractivity (Wildman–Crippen MR) is 111 cm³/mol. The Morgan fingerprint density at radius 2 is 1.56 bits per heavy atom. The number of carbonyl (C=O) groups is 2. The quantitative estimate of drug-likeness (QED) is 0.785. The summed E-state index contributed by atoms with van der Waals surface area (Å²) in [7, 11) is 3.52. The number of hydrogen-bond acceptors (Lipinski definition) is 3. The van der Waals surface area contributed by atoms with Crippen LogP contribution in [0.4, 0.5) is 11.4 Å². The normalized spacial score (nSPS) is 10.4. The van der Waals surface area contributed by atoms with Gasteiger partial charge in [-0.15, -0.1) is 0 Å². The van der Waals surface area contributed by atoms with Gasteiger partial charge in [0.05, 0.1) is 6.54 Å². The minimum Gasteiger partial charge on any atom is -0.376 e. The van der Waals surface area contributed by atoms with E-state index < -0.39 is 0 Å². The predicted octanol–water partition coefficient (Wildman–Crippen LogP) is 3.68. The van der Waals surface area contributed by atoms with Gasteiger partial charge in [0, 0.05) is 31.9 Å². The Bertz CT molecular complexity index is 788. The number of anilines is 2. The van der Waals surface area contributed by atoms with Gasteiger partial charge in [-0.1, -0.05) is 29.8 Å². The van der Waals surface area contributed by atoms with Gasteiger partial charge in [0.15, 0.2) is 0 Å². The topological polar surface area (TPSA) is 61.4 Å². The Hall–Kier alpha value is -2.82. The molecule has 0 saturated carbocycles. The Kier molecular flexibility index (Phi) is 6.99. The van der Waals surface area contributed by atoms with Crippen molar-refractivity contribution in [2.75, 3.05) is 31.3 Å².